The molecule has 2 atom stereocenters. The molecule has 2 amide bonds. The lowest BCUT2D eigenvalue weighted by Gasteiger charge is -2.35. The highest BCUT2D eigenvalue weighted by Gasteiger charge is 2.43. The van der Waals surface area contributed by atoms with Crippen molar-refractivity contribution < 1.29 is 24.0 Å². The summed E-state index contributed by atoms with van der Waals surface area (Å²) >= 11 is 1.72. The molecule has 2 saturated heterocycles. The van der Waals surface area contributed by atoms with E-state index in [2.05, 4.69) is 9.55 Å². The van der Waals surface area contributed by atoms with Crippen molar-refractivity contribution >= 4 is 29.4 Å². The minimum Gasteiger partial charge on any atom is -0.497 e. The van der Waals surface area contributed by atoms with Gasteiger partial charge in [-0.2, -0.15) is 11.8 Å². The molecule has 12 heteroatoms. The average Bonchev–Trinajstić information content (AvgIpc) is 3.70. The number of carbonyl (C=O) groups excluding carboxylic acids is 2. The summed E-state index contributed by atoms with van der Waals surface area (Å²) in [6.45, 7) is 1.61. The number of hydrogen-bond donors (Lipinski definition) is 0. The molecule has 0 saturated carbocycles. The Balaban J connectivity index is 1.23. The summed E-state index contributed by atoms with van der Waals surface area (Å²) in [4.78, 5) is 45.0. The maximum absolute atomic E-state index is 13.7. The molecule has 5 rings (SSSR count). The average molecular weight is 580 g/mol. The van der Waals surface area contributed by atoms with Gasteiger partial charge in [0, 0.05) is 61.2 Å². The van der Waals surface area contributed by atoms with Crippen molar-refractivity contribution in [1.82, 2.24) is 19.4 Å². The Kier molecular flexibility index (Phi) is 9.07. The molecule has 216 valence electrons. The summed E-state index contributed by atoms with van der Waals surface area (Å²) in [5.41, 5.74) is 1.75. The molecule has 2 aliphatic rings. The normalized spacial score (nSPS) is 19.2. The number of nitro groups is 1. The third-order valence-corrected chi connectivity index (χ3v) is 8.97. The Bertz CT molecular complexity index is 1330. The number of carbonyl (C=O) groups is 2. The Morgan fingerprint density at radius 1 is 1.07 bits per heavy atom. The largest absolute Gasteiger partial charge is 0.497 e. The Morgan fingerprint density at radius 3 is 2.41 bits per heavy atom. The van der Waals surface area contributed by atoms with Gasteiger partial charge in [0.15, 0.2) is 0 Å². The van der Waals surface area contributed by atoms with Crippen LogP contribution in [0.1, 0.15) is 36.4 Å². The Morgan fingerprint density at radius 2 is 1.78 bits per heavy atom. The molecule has 2 unspecified atom stereocenters. The van der Waals surface area contributed by atoms with Gasteiger partial charge in [0.1, 0.15) is 18.4 Å². The highest BCUT2D eigenvalue weighted by molar-refractivity contribution is 7.99. The number of methoxy groups -OCH3 is 1. The lowest BCUT2D eigenvalue weighted by molar-refractivity contribution is -0.384. The van der Waals surface area contributed by atoms with Gasteiger partial charge in [-0.1, -0.05) is 12.1 Å². The highest BCUT2D eigenvalue weighted by atomic mass is 32.2. The lowest BCUT2D eigenvalue weighted by Crippen LogP contribution is -2.50. The molecule has 0 spiro atoms. The van der Waals surface area contributed by atoms with Crippen molar-refractivity contribution in [2.45, 2.75) is 49.0 Å². The van der Waals surface area contributed by atoms with E-state index in [1.165, 1.54) is 12.1 Å². The van der Waals surface area contributed by atoms with E-state index in [4.69, 9.17) is 9.47 Å². The molecule has 0 bridgehead atoms. The zero-order valence-corrected chi connectivity index (χ0v) is 23.7. The summed E-state index contributed by atoms with van der Waals surface area (Å²) in [7, 11) is 1.63. The van der Waals surface area contributed by atoms with Crippen LogP contribution in [0.5, 0.6) is 5.75 Å². The molecule has 2 aromatic carbocycles. The van der Waals surface area contributed by atoms with E-state index < -0.39 is 17.1 Å². The zero-order valence-electron chi connectivity index (χ0n) is 22.8. The summed E-state index contributed by atoms with van der Waals surface area (Å²) in [5.74, 6) is 1.50. The molecule has 3 heterocycles. The second-order valence-electron chi connectivity index (χ2n) is 10.2. The first-order valence-corrected chi connectivity index (χ1v) is 14.6. The van der Waals surface area contributed by atoms with Crippen LogP contribution < -0.4 is 4.74 Å². The minimum atomic E-state index is -0.600. The van der Waals surface area contributed by atoms with Gasteiger partial charge in [-0.25, -0.2) is 9.78 Å². The van der Waals surface area contributed by atoms with E-state index in [1.54, 1.807) is 42.1 Å². The van der Waals surface area contributed by atoms with Crippen LogP contribution in [0.4, 0.5) is 10.5 Å². The first-order valence-electron chi connectivity index (χ1n) is 13.6. The van der Waals surface area contributed by atoms with Gasteiger partial charge in [-0.05, 0) is 54.7 Å². The van der Waals surface area contributed by atoms with Gasteiger partial charge in [0.05, 0.1) is 18.4 Å². The number of thioether (sulfide) groups is 1. The number of hydrogen-bond acceptors (Lipinski definition) is 8. The zero-order chi connectivity index (χ0) is 28.8. The SMILES string of the molecule is COc1ccc(CSC2CC(C(=O)N3CCC(n4ccnc4)CC3)N(C(=O)OCc3ccc([N+](=O)[O-])cc3)C2)cc1. The van der Waals surface area contributed by atoms with Crippen LogP contribution in [-0.4, -0.2) is 74.3 Å². The van der Waals surface area contributed by atoms with E-state index >= 15 is 0 Å². The van der Waals surface area contributed by atoms with Crippen LogP contribution in [-0.2, 0) is 21.9 Å². The van der Waals surface area contributed by atoms with Crippen molar-refractivity contribution in [3.8, 4) is 5.75 Å². The first-order chi connectivity index (χ1) is 19.9. The van der Waals surface area contributed by atoms with E-state index in [-0.39, 0.29) is 23.5 Å². The number of nitro benzene ring substituents is 1. The third kappa shape index (κ3) is 6.99. The molecule has 0 radical (unpaired) electrons. The number of nitrogens with zero attached hydrogens (tertiary/aromatic N) is 5. The van der Waals surface area contributed by atoms with Gasteiger partial charge in [-0.3, -0.25) is 19.8 Å². The van der Waals surface area contributed by atoms with Gasteiger partial charge >= 0.3 is 6.09 Å². The number of imidazole rings is 1. The van der Waals surface area contributed by atoms with Gasteiger partial charge in [0.2, 0.25) is 5.91 Å². The van der Waals surface area contributed by atoms with Crippen molar-refractivity contribution in [3.05, 3.63) is 88.5 Å². The van der Waals surface area contributed by atoms with Crippen molar-refractivity contribution in [2.75, 3.05) is 26.7 Å². The number of non-ortho nitro benzene ring substituents is 1. The summed E-state index contributed by atoms with van der Waals surface area (Å²) in [6, 6.07) is 13.5. The number of amides is 2. The summed E-state index contributed by atoms with van der Waals surface area (Å²) in [5, 5.41) is 11.0. The van der Waals surface area contributed by atoms with Crippen LogP contribution >= 0.6 is 11.8 Å². The van der Waals surface area contributed by atoms with E-state index in [0.717, 1.165) is 29.9 Å². The smallest absolute Gasteiger partial charge is 0.410 e. The van der Waals surface area contributed by atoms with Gasteiger partial charge < -0.3 is 18.9 Å². The number of aromatic nitrogens is 2. The number of ether oxygens (including phenoxy) is 2. The second-order valence-corrected chi connectivity index (χ2v) is 11.5. The van der Waals surface area contributed by atoms with Crippen LogP contribution in [0.2, 0.25) is 0 Å². The first kappa shape index (κ1) is 28.5. The third-order valence-electron chi connectivity index (χ3n) is 7.66. The molecule has 0 N–H and O–H groups in total. The summed E-state index contributed by atoms with van der Waals surface area (Å²) < 4.78 is 12.9. The number of benzene rings is 2. The molecule has 0 aliphatic carbocycles. The van der Waals surface area contributed by atoms with E-state index in [0.29, 0.717) is 37.7 Å². The van der Waals surface area contributed by atoms with Crippen LogP contribution in [0.3, 0.4) is 0 Å². The lowest BCUT2D eigenvalue weighted by atomic mass is 10.0. The maximum Gasteiger partial charge on any atom is 0.410 e. The van der Waals surface area contributed by atoms with Gasteiger partial charge in [-0.15, -0.1) is 0 Å². The number of piperidine rings is 1. The van der Waals surface area contributed by atoms with Crippen molar-refractivity contribution in [2.24, 2.45) is 0 Å². The van der Waals surface area contributed by atoms with Crippen molar-refractivity contribution in [1.29, 1.82) is 0 Å². The number of rotatable bonds is 9. The van der Waals surface area contributed by atoms with Crippen LogP contribution in [0, 0.1) is 10.1 Å². The molecule has 11 nitrogen and oxygen atoms in total. The maximum atomic E-state index is 13.7. The Hall–Kier alpha value is -4.06. The fourth-order valence-corrected chi connectivity index (χ4v) is 6.52. The van der Waals surface area contributed by atoms with Crippen LogP contribution in [0.25, 0.3) is 0 Å². The van der Waals surface area contributed by atoms with Crippen LogP contribution in [0.15, 0.2) is 67.3 Å². The number of likely N-dealkylation sites (tertiary alicyclic amines) is 2. The fraction of sp³-hybridized carbons (Fsp3) is 0.414. The molecular weight excluding hydrogens is 546 g/mol. The predicted octanol–water partition coefficient (Wildman–Crippen LogP) is 4.68. The van der Waals surface area contributed by atoms with E-state index in [1.807, 2.05) is 41.7 Å². The van der Waals surface area contributed by atoms with Gasteiger partial charge in [0.25, 0.3) is 5.69 Å². The topological polar surface area (TPSA) is 120 Å². The molecule has 2 aliphatic heterocycles. The fourth-order valence-electron chi connectivity index (χ4n) is 5.31. The van der Waals surface area contributed by atoms with Crippen molar-refractivity contribution in [3.63, 3.8) is 0 Å². The Labute approximate surface area is 242 Å². The monoisotopic (exact) mass is 579 g/mol. The summed E-state index contributed by atoms with van der Waals surface area (Å²) in [6.07, 6.45) is 7.18. The molecule has 41 heavy (non-hydrogen) atoms. The second kappa shape index (κ2) is 13.1. The molecule has 2 fully saturated rings. The molecule has 3 aromatic rings. The minimum absolute atomic E-state index is 0.0289. The predicted molar refractivity (Wildman–Crippen MR) is 154 cm³/mol. The quantitative estimate of drug-likeness (QED) is 0.265. The standard InChI is InChI=1S/C29H33N5O6S/c1-39-25-8-4-22(5-9-25)19-41-26-16-27(28(35)31-13-10-23(11-14-31)32-15-12-30-20-32)33(17-26)29(36)40-18-21-2-6-24(7-3-21)34(37)38/h2-9,12,15,20,23,26-27H,10-11,13-14,16-19H2,1H3. The van der Waals surface area contributed by atoms with E-state index in [9.17, 15) is 19.7 Å². The highest BCUT2D eigenvalue weighted by Crippen LogP contribution is 2.33. The molecule has 1 aromatic heterocycles. The molecular formula is C29H33N5O6S.